The maximum absolute atomic E-state index is 15.2. The molecule has 0 aliphatic carbocycles. The molecule has 0 spiro atoms. The van der Waals surface area contributed by atoms with Gasteiger partial charge in [-0.25, -0.2) is 21.6 Å². The molecular weight excluding hydrogens is 491 g/mol. The molecule has 2 fully saturated rings. The number of alkyl halides is 2. The largest absolute Gasteiger partial charge is 0.371 e. The van der Waals surface area contributed by atoms with E-state index in [4.69, 9.17) is 0 Å². The number of halogens is 3. The lowest BCUT2D eigenvalue weighted by Gasteiger charge is -2.39. The summed E-state index contributed by atoms with van der Waals surface area (Å²) in [4.78, 5) is 2.07. The number of aromatic nitrogens is 3. The molecule has 5 rings (SSSR count). The van der Waals surface area contributed by atoms with Gasteiger partial charge in [-0.05, 0) is 43.4 Å². The van der Waals surface area contributed by atoms with E-state index in [1.165, 1.54) is 12.1 Å². The van der Waals surface area contributed by atoms with Gasteiger partial charge in [-0.15, -0.1) is 10.2 Å². The topological polar surface area (TPSA) is 71.3 Å². The van der Waals surface area contributed by atoms with Crippen molar-refractivity contribution in [1.82, 2.24) is 19.1 Å². The predicted octanol–water partition coefficient (Wildman–Crippen LogP) is 4.56. The number of benzene rings is 2. The van der Waals surface area contributed by atoms with Crippen LogP contribution in [-0.4, -0.2) is 53.0 Å². The number of rotatable bonds is 6. The summed E-state index contributed by atoms with van der Waals surface area (Å²) in [5, 5.41) is 6.77. The van der Waals surface area contributed by atoms with Crippen LogP contribution in [0.2, 0.25) is 0 Å². The number of sulfonamides is 1. The summed E-state index contributed by atoms with van der Waals surface area (Å²) in [6.45, 7) is 1.01. The zero-order valence-corrected chi connectivity index (χ0v) is 20.4. The smallest absolute Gasteiger partial charge is 0.255 e. The highest BCUT2D eigenvalue weighted by atomic mass is 32.2. The molecule has 1 unspecified atom stereocenters. The highest BCUT2D eigenvalue weighted by Crippen LogP contribution is 2.40. The van der Waals surface area contributed by atoms with Gasteiger partial charge in [0.25, 0.3) is 6.43 Å². The lowest BCUT2D eigenvalue weighted by Crippen LogP contribution is -2.49. The van der Waals surface area contributed by atoms with Crippen molar-refractivity contribution in [3.63, 3.8) is 0 Å². The Kier molecular flexibility index (Phi) is 7.03. The molecule has 2 aliphatic heterocycles. The average Bonchev–Trinajstić information content (AvgIpc) is 3.41. The highest BCUT2D eigenvalue weighted by Gasteiger charge is 2.45. The van der Waals surface area contributed by atoms with Crippen LogP contribution in [0.5, 0.6) is 0 Å². The van der Waals surface area contributed by atoms with Crippen LogP contribution in [0.25, 0.3) is 0 Å². The summed E-state index contributed by atoms with van der Waals surface area (Å²) >= 11 is 0. The highest BCUT2D eigenvalue weighted by molar-refractivity contribution is 7.89. The number of nitrogens with zero attached hydrogens (tertiary/aromatic N) is 5. The minimum Gasteiger partial charge on any atom is -0.371 e. The van der Waals surface area contributed by atoms with Crippen molar-refractivity contribution in [1.29, 1.82) is 0 Å². The third kappa shape index (κ3) is 4.86. The summed E-state index contributed by atoms with van der Waals surface area (Å²) in [6.07, 6.45) is 2.35. The normalized spacial score (nSPS) is 23.3. The first kappa shape index (κ1) is 24.8. The van der Waals surface area contributed by atoms with E-state index in [1.807, 2.05) is 4.57 Å². The summed E-state index contributed by atoms with van der Waals surface area (Å²) < 4.78 is 72.6. The minimum absolute atomic E-state index is 0.0114. The second-order valence-electron chi connectivity index (χ2n) is 9.37. The summed E-state index contributed by atoms with van der Waals surface area (Å²) in [6, 6.07) is 12.0. The van der Waals surface area contributed by atoms with Crippen LogP contribution in [0.4, 0.5) is 18.9 Å². The number of hydrogen-bond donors (Lipinski definition) is 0. The van der Waals surface area contributed by atoms with Crippen LogP contribution in [-0.2, 0) is 16.6 Å². The van der Waals surface area contributed by atoms with Gasteiger partial charge in [0.15, 0.2) is 0 Å². The SMILES string of the molecule is O=S1(=O)[C@@H](c2ccccc2)CCC(C(F)F)N1Cc1ccc(N2CCC(n3cnnc3)CC2)cc1F. The minimum atomic E-state index is -4.12. The second-order valence-corrected chi connectivity index (χ2v) is 11.4. The second kappa shape index (κ2) is 10.2. The van der Waals surface area contributed by atoms with Crippen molar-refractivity contribution >= 4 is 15.7 Å². The summed E-state index contributed by atoms with van der Waals surface area (Å²) in [5.41, 5.74) is 1.33. The molecule has 2 saturated heterocycles. The van der Waals surface area contributed by atoms with Gasteiger partial charge < -0.3 is 9.47 Å². The van der Waals surface area contributed by atoms with E-state index < -0.39 is 40.1 Å². The van der Waals surface area contributed by atoms with Gasteiger partial charge in [0.1, 0.15) is 23.7 Å². The Morgan fingerprint density at radius 3 is 2.28 bits per heavy atom. The van der Waals surface area contributed by atoms with Gasteiger partial charge >= 0.3 is 0 Å². The summed E-state index contributed by atoms with van der Waals surface area (Å²) in [7, 11) is -4.12. The zero-order valence-electron chi connectivity index (χ0n) is 19.6. The molecule has 3 aromatic rings. The first-order chi connectivity index (χ1) is 17.3. The number of anilines is 1. The molecule has 0 bridgehead atoms. The first-order valence-corrected chi connectivity index (χ1v) is 13.6. The van der Waals surface area contributed by atoms with E-state index in [0.717, 1.165) is 17.1 Å². The van der Waals surface area contributed by atoms with E-state index in [0.29, 0.717) is 24.3 Å². The van der Waals surface area contributed by atoms with Crippen molar-refractivity contribution < 1.29 is 21.6 Å². The predicted molar refractivity (Wildman–Crippen MR) is 130 cm³/mol. The Hall–Kier alpha value is -2.92. The van der Waals surface area contributed by atoms with Gasteiger partial charge in [0.05, 0.1) is 6.04 Å². The van der Waals surface area contributed by atoms with E-state index in [1.54, 1.807) is 49.1 Å². The van der Waals surface area contributed by atoms with E-state index in [9.17, 15) is 17.2 Å². The van der Waals surface area contributed by atoms with Crippen molar-refractivity contribution in [3.8, 4) is 0 Å². The van der Waals surface area contributed by atoms with Crippen molar-refractivity contribution in [3.05, 3.63) is 78.1 Å². The van der Waals surface area contributed by atoms with Crippen molar-refractivity contribution in [2.75, 3.05) is 18.0 Å². The standard InChI is InChI=1S/C25H28F3N5O2S/c26-22-14-21(31-12-10-20(11-13-31)32-16-29-30-17-32)7-6-19(22)15-33-23(25(27)28)8-9-24(36(33,34)35)18-4-2-1-3-5-18/h1-7,14,16-17,20,23-25H,8-13,15H2/t23?,24-/m1/s1. The lowest BCUT2D eigenvalue weighted by molar-refractivity contribution is 0.0473. The Labute approximate surface area is 208 Å². The van der Waals surface area contributed by atoms with Gasteiger partial charge in [-0.2, -0.15) is 4.31 Å². The quantitative estimate of drug-likeness (QED) is 0.478. The molecular formula is C25H28F3N5O2S. The van der Waals surface area contributed by atoms with Crippen LogP contribution >= 0.6 is 0 Å². The molecule has 0 saturated carbocycles. The van der Waals surface area contributed by atoms with Crippen molar-refractivity contribution in [2.45, 2.75) is 56.0 Å². The van der Waals surface area contributed by atoms with Crippen LogP contribution in [0.3, 0.4) is 0 Å². The monoisotopic (exact) mass is 519 g/mol. The maximum Gasteiger partial charge on any atom is 0.255 e. The van der Waals surface area contributed by atoms with Gasteiger partial charge in [-0.1, -0.05) is 36.4 Å². The van der Waals surface area contributed by atoms with Gasteiger partial charge in [0, 0.05) is 36.9 Å². The maximum atomic E-state index is 15.2. The Morgan fingerprint density at radius 1 is 0.944 bits per heavy atom. The Morgan fingerprint density at radius 2 is 1.64 bits per heavy atom. The third-order valence-corrected chi connectivity index (χ3v) is 9.57. The third-order valence-electron chi connectivity index (χ3n) is 7.29. The molecule has 2 aliphatic rings. The molecule has 11 heteroatoms. The molecule has 0 radical (unpaired) electrons. The fraction of sp³-hybridized carbons (Fsp3) is 0.440. The van der Waals surface area contributed by atoms with E-state index in [2.05, 4.69) is 15.1 Å². The average molecular weight is 520 g/mol. The molecule has 0 N–H and O–H groups in total. The van der Waals surface area contributed by atoms with Crippen molar-refractivity contribution in [2.24, 2.45) is 0 Å². The molecule has 36 heavy (non-hydrogen) atoms. The first-order valence-electron chi connectivity index (χ1n) is 12.1. The van der Waals surface area contributed by atoms with E-state index >= 15 is 4.39 Å². The van der Waals surface area contributed by atoms with Crippen LogP contribution in [0.15, 0.2) is 61.2 Å². The molecule has 2 atom stereocenters. The van der Waals surface area contributed by atoms with Crippen LogP contribution in [0, 0.1) is 5.82 Å². The van der Waals surface area contributed by atoms with Gasteiger partial charge in [-0.3, -0.25) is 0 Å². The molecule has 192 valence electrons. The van der Waals surface area contributed by atoms with Crippen LogP contribution < -0.4 is 4.90 Å². The van der Waals surface area contributed by atoms with Gasteiger partial charge in [0.2, 0.25) is 10.0 Å². The fourth-order valence-corrected chi connectivity index (χ4v) is 7.44. The molecule has 2 aromatic carbocycles. The fourth-order valence-electron chi connectivity index (χ4n) is 5.28. The molecule has 1 aromatic heterocycles. The molecule has 3 heterocycles. The van der Waals surface area contributed by atoms with E-state index in [-0.39, 0.29) is 24.4 Å². The Bertz CT molecular complexity index is 1270. The number of piperidine rings is 1. The lowest BCUT2D eigenvalue weighted by atomic mass is 10.0. The number of hydrogen-bond acceptors (Lipinski definition) is 5. The van der Waals surface area contributed by atoms with Crippen LogP contribution in [0.1, 0.15) is 48.1 Å². The summed E-state index contributed by atoms with van der Waals surface area (Å²) in [5.74, 6) is -0.599. The molecule has 7 nitrogen and oxygen atoms in total. The zero-order chi connectivity index (χ0) is 25.3. The Balaban J connectivity index is 1.34. The molecule has 0 amide bonds.